The average Bonchev–Trinajstić information content (AvgIpc) is 2.91. The van der Waals surface area contributed by atoms with E-state index in [0.29, 0.717) is 12.0 Å². The van der Waals surface area contributed by atoms with Crippen LogP contribution in [0.4, 0.5) is 0 Å². The van der Waals surface area contributed by atoms with E-state index in [2.05, 4.69) is 10.6 Å². The Morgan fingerprint density at radius 3 is 1.95 bits per heavy atom. The zero-order chi connectivity index (χ0) is 26.8. The van der Waals surface area contributed by atoms with Gasteiger partial charge in [0, 0.05) is 5.92 Å². The van der Waals surface area contributed by atoms with Crippen LogP contribution in [0.15, 0.2) is 84.9 Å². The second kappa shape index (κ2) is 13.4. The molecule has 0 heterocycles. The summed E-state index contributed by atoms with van der Waals surface area (Å²) >= 11 is 0. The number of hydrogen-bond acceptors (Lipinski definition) is 4. The summed E-state index contributed by atoms with van der Waals surface area (Å²) in [5.41, 5.74) is 3.57. The van der Waals surface area contributed by atoms with Crippen molar-refractivity contribution >= 4 is 17.8 Å². The molecular formula is C31H36N2O4. The van der Waals surface area contributed by atoms with E-state index in [1.165, 1.54) is 7.11 Å². The van der Waals surface area contributed by atoms with Crippen molar-refractivity contribution in [2.45, 2.75) is 45.7 Å². The molecule has 0 saturated carbocycles. The Balaban J connectivity index is 1.92. The number of nitrogens with one attached hydrogen (secondary N) is 2. The second-order valence-electron chi connectivity index (χ2n) is 9.68. The fraction of sp³-hybridized carbons (Fsp3) is 0.323. The Morgan fingerprint density at radius 2 is 1.32 bits per heavy atom. The summed E-state index contributed by atoms with van der Waals surface area (Å²) in [6.07, 6.45) is 0.457. The zero-order valence-corrected chi connectivity index (χ0v) is 21.9. The van der Waals surface area contributed by atoms with Crippen molar-refractivity contribution in [3.8, 4) is 11.1 Å². The van der Waals surface area contributed by atoms with Crippen LogP contribution in [-0.2, 0) is 19.1 Å². The van der Waals surface area contributed by atoms with Gasteiger partial charge in [-0.05, 0) is 47.6 Å². The Morgan fingerprint density at radius 1 is 0.730 bits per heavy atom. The third-order valence-electron chi connectivity index (χ3n) is 6.30. The number of carbonyl (C=O) groups is 3. The molecule has 2 N–H and O–H groups in total. The summed E-state index contributed by atoms with van der Waals surface area (Å²) in [4.78, 5) is 39.1. The van der Waals surface area contributed by atoms with Gasteiger partial charge in [-0.1, -0.05) is 92.7 Å². The van der Waals surface area contributed by atoms with Gasteiger partial charge in [-0.25, -0.2) is 0 Å². The number of amides is 2. The molecule has 0 fully saturated rings. The molecule has 3 aromatic rings. The van der Waals surface area contributed by atoms with Crippen molar-refractivity contribution < 1.29 is 19.1 Å². The predicted octanol–water partition coefficient (Wildman–Crippen LogP) is 5.61. The molecule has 3 atom stereocenters. The van der Waals surface area contributed by atoms with E-state index in [4.69, 9.17) is 4.74 Å². The quantitative estimate of drug-likeness (QED) is 0.335. The molecule has 0 bridgehead atoms. The maximum absolute atomic E-state index is 13.6. The lowest BCUT2D eigenvalue weighted by molar-refractivity contribution is -0.144. The van der Waals surface area contributed by atoms with Crippen LogP contribution in [0.25, 0.3) is 11.1 Å². The highest BCUT2D eigenvalue weighted by Crippen LogP contribution is 2.26. The van der Waals surface area contributed by atoms with Gasteiger partial charge in [-0.15, -0.1) is 0 Å². The molecule has 0 aromatic heterocycles. The molecule has 0 aliphatic heterocycles. The first-order chi connectivity index (χ1) is 17.8. The molecule has 0 saturated heterocycles. The highest BCUT2D eigenvalue weighted by atomic mass is 16.5. The van der Waals surface area contributed by atoms with Crippen LogP contribution < -0.4 is 10.6 Å². The lowest BCUT2D eigenvalue weighted by Crippen LogP contribution is -2.44. The Bertz CT molecular complexity index is 1180. The van der Waals surface area contributed by atoms with Gasteiger partial charge in [-0.2, -0.15) is 0 Å². The van der Waals surface area contributed by atoms with Gasteiger partial charge in [-0.3, -0.25) is 14.4 Å². The number of esters is 1. The van der Waals surface area contributed by atoms with Crippen LogP contribution in [-0.4, -0.2) is 24.9 Å². The molecular weight excluding hydrogens is 464 g/mol. The minimum Gasteiger partial charge on any atom is -0.469 e. The predicted molar refractivity (Wildman–Crippen MR) is 145 cm³/mol. The van der Waals surface area contributed by atoms with Crippen molar-refractivity contribution in [1.29, 1.82) is 0 Å². The summed E-state index contributed by atoms with van der Waals surface area (Å²) in [6, 6.07) is 25.9. The van der Waals surface area contributed by atoms with Crippen LogP contribution >= 0.6 is 0 Å². The summed E-state index contributed by atoms with van der Waals surface area (Å²) in [6.45, 7) is 5.89. The SMILES string of the molecule is COC(=O)C[C@@H](CC(C)C)C(=O)NC(C(=O)N[C@@H](C)c1ccccc1)c1cccc(-c2ccccc2)c1. The van der Waals surface area contributed by atoms with E-state index in [0.717, 1.165) is 16.7 Å². The van der Waals surface area contributed by atoms with Gasteiger partial charge in [0.2, 0.25) is 11.8 Å². The summed E-state index contributed by atoms with van der Waals surface area (Å²) in [5, 5.41) is 5.99. The zero-order valence-electron chi connectivity index (χ0n) is 21.9. The van der Waals surface area contributed by atoms with Crippen molar-refractivity contribution in [1.82, 2.24) is 10.6 Å². The van der Waals surface area contributed by atoms with E-state index >= 15 is 0 Å². The minimum atomic E-state index is -0.936. The molecule has 194 valence electrons. The molecule has 37 heavy (non-hydrogen) atoms. The van der Waals surface area contributed by atoms with Crippen molar-refractivity contribution in [3.05, 3.63) is 96.1 Å². The van der Waals surface area contributed by atoms with E-state index in [-0.39, 0.29) is 30.2 Å². The lowest BCUT2D eigenvalue weighted by Gasteiger charge is -2.25. The topological polar surface area (TPSA) is 84.5 Å². The average molecular weight is 501 g/mol. The number of hydrogen-bond donors (Lipinski definition) is 2. The first kappa shape index (κ1) is 27.7. The van der Waals surface area contributed by atoms with Gasteiger partial charge in [0.05, 0.1) is 19.6 Å². The van der Waals surface area contributed by atoms with E-state index < -0.39 is 17.9 Å². The number of methoxy groups -OCH3 is 1. The Labute approximate surface area is 219 Å². The van der Waals surface area contributed by atoms with Gasteiger partial charge in [0.1, 0.15) is 6.04 Å². The summed E-state index contributed by atoms with van der Waals surface area (Å²) < 4.78 is 4.82. The van der Waals surface area contributed by atoms with Crippen LogP contribution in [0.1, 0.15) is 56.8 Å². The fourth-order valence-electron chi connectivity index (χ4n) is 4.35. The molecule has 0 aliphatic carbocycles. The first-order valence-corrected chi connectivity index (χ1v) is 12.7. The van der Waals surface area contributed by atoms with Crippen molar-refractivity contribution in [2.75, 3.05) is 7.11 Å². The molecule has 2 amide bonds. The van der Waals surface area contributed by atoms with Crippen molar-refractivity contribution in [3.63, 3.8) is 0 Å². The molecule has 6 nitrogen and oxygen atoms in total. The monoisotopic (exact) mass is 500 g/mol. The molecule has 1 unspecified atom stereocenters. The van der Waals surface area contributed by atoms with Crippen LogP contribution in [0, 0.1) is 11.8 Å². The first-order valence-electron chi connectivity index (χ1n) is 12.7. The Kier molecular flexibility index (Phi) is 10.0. The van der Waals surface area contributed by atoms with Gasteiger partial charge in [0.15, 0.2) is 0 Å². The molecule has 0 aliphatic rings. The number of carbonyl (C=O) groups excluding carboxylic acids is 3. The third kappa shape index (κ3) is 8.04. The maximum Gasteiger partial charge on any atom is 0.306 e. The van der Waals surface area contributed by atoms with Crippen LogP contribution in [0.2, 0.25) is 0 Å². The molecule has 0 radical (unpaired) electrons. The van der Waals surface area contributed by atoms with E-state index in [9.17, 15) is 14.4 Å². The molecule has 3 rings (SSSR count). The maximum atomic E-state index is 13.6. The number of benzene rings is 3. The second-order valence-corrected chi connectivity index (χ2v) is 9.68. The van der Waals surface area contributed by atoms with Gasteiger partial charge >= 0.3 is 5.97 Å². The summed E-state index contributed by atoms with van der Waals surface area (Å²) in [5.74, 6) is -1.54. The fourth-order valence-corrected chi connectivity index (χ4v) is 4.35. The molecule has 3 aromatic carbocycles. The number of rotatable bonds is 11. The minimum absolute atomic E-state index is 0.0423. The van der Waals surface area contributed by atoms with Crippen LogP contribution in [0.5, 0.6) is 0 Å². The van der Waals surface area contributed by atoms with Gasteiger partial charge < -0.3 is 15.4 Å². The third-order valence-corrected chi connectivity index (χ3v) is 6.30. The standard InChI is InChI=1S/C31H36N2O4/c1-21(2)18-27(20-28(34)37-4)30(35)33-29(31(36)32-22(3)23-12-7-5-8-13-23)26-17-11-16-25(19-26)24-14-9-6-10-15-24/h5-17,19,21-22,27,29H,18,20H2,1-4H3,(H,32,36)(H,33,35)/t22-,27+,29?/m0/s1. The highest BCUT2D eigenvalue weighted by Gasteiger charge is 2.30. The molecule has 0 spiro atoms. The summed E-state index contributed by atoms with van der Waals surface area (Å²) in [7, 11) is 1.31. The van der Waals surface area contributed by atoms with Gasteiger partial charge in [0.25, 0.3) is 0 Å². The normalized spacial score (nSPS) is 13.3. The molecule has 6 heteroatoms. The largest absolute Gasteiger partial charge is 0.469 e. The lowest BCUT2D eigenvalue weighted by atomic mass is 9.92. The van der Waals surface area contributed by atoms with Crippen LogP contribution in [0.3, 0.4) is 0 Å². The number of ether oxygens (including phenoxy) is 1. The smallest absolute Gasteiger partial charge is 0.306 e. The highest BCUT2D eigenvalue weighted by molar-refractivity contribution is 5.91. The van der Waals surface area contributed by atoms with Crippen molar-refractivity contribution in [2.24, 2.45) is 11.8 Å². The van der Waals surface area contributed by atoms with E-state index in [1.807, 2.05) is 106 Å². The Hall–Kier alpha value is -3.93. The van der Waals surface area contributed by atoms with E-state index in [1.54, 1.807) is 0 Å².